The van der Waals surface area contributed by atoms with Crippen LogP contribution in [-0.4, -0.2) is 63.2 Å². The molecule has 0 N–H and O–H groups in total. The molecular weight excluding hydrogens is 396 g/mol. The number of rotatable bonds is 12. The summed E-state index contributed by atoms with van der Waals surface area (Å²) in [4.78, 5) is 17.3. The van der Waals surface area contributed by atoms with Gasteiger partial charge in [0.25, 0.3) is 5.91 Å². The molecule has 1 aromatic heterocycles. The summed E-state index contributed by atoms with van der Waals surface area (Å²) in [6, 6.07) is 5.92. The van der Waals surface area contributed by atoms with E-state index in [0.29, 0.717) is 11.5 Å². The molecule has 0 bridgehead atoms. The number of methoxy groups -OCH3 is 2. The molecule has 0 saturated heterocycles. The van der Waals surface area contributed by atoms with E-state index in [-0.39, 0.29) is 5.91 Å². The molecule has 0 spiro atoms. The highest BCUT2D eigenvalue weighted by Gasteiger charge is 2.28. The smallest absolute Gasteiger partial charge is 0.254 e. The maximum absolute atomic E-state index is 12.9. The molecule has 1 amide bonds. The van der Waals surface area contributed by atoms with E-state index in [1.54, 1.807) is 25.6 Å². The molecule has 0 atom stereocenters. The zero-order chi connectivity index (χ0) is 21.3. The summed E-state index contributed by atoms with van der Waals surface area (Å²) in [7, 11) is 5.44. The number of carbonyl (C=O) groups excluding carboxylic acids is 1. The van der Waals surface area contributed by atoms with Crippen LogP contribution in [0.3, 0.4) is 0 Å². The van der Waals surface area contributed by atoms with Crippen molar-refractivity contribution in [3.8, 4) is 11.5 Å². The molecule has 2 aromatic rings. The Kier molecular flexibility index (Phi) is 8.58. The van der Waals surface area contributed by atoms with Crippen molar-refractivity contribution in [3.05, 3.63) is 45.6 Å². The monoisotopic (exact) mass is 430 g/mol. The number of hydrogen-bond acceptors (Lipinski definition) is 5. The topological polar surface area (TPSA) is 42.0 Å². The van der Waals surface area contributed by atoms with Gasteiger partial charge >= 0.3 is 0 Å². The number of fused-ring (bicyclic) bond motifs is 1. The highest BCUT2D eigenvalue weighted by molar-refractivity contribution is 7.07. The summed E-state index contributed by atoms with van der Waals surface area (Å²) in [5.41, 5.74) is 3.19. The number of hydrogen-bond donors (Lipinski definition) is 0. The molecule has 0 aliphatic carbocycles. The van der Waals surface area contributed by atoms with Gasteiger partial charge in [0.05, 0.1) is 14.2 Å². The van der Waals surface area contributed by atoms with Gasteiger partial charge in [-0.2, -0.15) is 11.3 Å². The van der Waals surface area contributed by atoms with Gasteiger partial charge in [-0.15, -0.1) is 0 Å². The first-order valence-electron chi connectivity index (χ1n) is 10.9. The van der Waals surface area contributed by atoms with Crippen molar-refractivity contribution in [1.82, 2.24) is 9.80 Å². The third-order valence-electron chi connectivity index (χ3n) is 5.85. The average molecular weight is 431 g/mol. The fraction of sp³-hybridized carbons (Fsp3) is 0.542. The van der Waals surface area contributed by atoms with Gasteiger partial charge in [-0.3, -0.25) is 4.79 Å². The number of aryl methyl sites for hydroxylation is 1. The fourth-order valence-electron chi connectivity index (χ4n) is 4.14. The van der Waals surface area contributed by atoms with Crippen molar-refractivity contribution in [3.63, 3.8) is 0 Å². The third-order valence-corrected chi connectivity index (χ3v) is 6.58. The lowest BCUT2D eigenvalue weighted by atomic mass is 9.97. The van der Waals surface area contributed by atoms with E-state index < -0.39 is 0 Å². The number of benzene rings is 1. The van der Waals surface area contributed by atoms with Crippen LogP contribution < -0.4 is 9.47 Å². The third kappa shape index (κ3) is 5.76. The number of carbonyl (C=O) groups is 1. The van der Waals surface area contributed by atoms with Crippen LogP contribution in [0, 0.1) is 0 Å². The molecule has 0 saturated carbocycles. The Bertz CT molecular complexity index is 807. The Morgan fingerprint density at radius 3 is 2.63 bits per heavy atom. The summed E-state index contributed by atoms with van der Waals surface area (Å²) in [5, 5.41) is 4.40. The van der Waals surface area contributed by atoms with Crippen molar-refractivity contribution < 1.29 is 14.3 Å². The van der Waals surface area contributed by atoms with E-state index in [1.807, 2.05) is 17.0 Å². The summed E-state index contributed by atoms with van der Waals surface area (Å²) in [6.45, 7) is 3.68. The minimum absolute atomic E-state index is 0.105. The van der Waals surface area contributed by atoms with E-state index in [1.165, 1.54) is 31.2 Å². The van der Waals surface area contributed by atoms with Crippen LogP contribution in [0.4, 0.5) is 0 Å². The Morgan fingerprint density at radius 1 is 1.07 bits per heavy atom. The van der Waals surface area contributed by atoms with E-state index in [9.17, 15) is 4.79 Å². The highest BCUT2D eigenvalue weighted by atomic mass is 32.1. The minimum atomic E-state index is 0.105. The molecule has 0 unspecified atom stereocenters. The van der Waals surface area contributed by atoms with E-state index in [4.69, 9.17) is 9.47 Å². The Labute approximate surface area is 184 Å². The zero-order valence-electron chi connectivity index (χ0n) is 18.5. The van der Waals surface area contributed by atoms with E-state index >= 15 is 0 Å². The zero-order valence-corrected chi connectivity index (χ0v) is 19.3. The molecule has 6 heteroatoms. The molecule has 2 heterocycles. The lowest BCUT2D eigenvalue weighted by Gasteiger charge is -2.30. The number of amides is 1. The standard InChI is InChI=1S/C24H34N2O3S/c1-25(13-6-4-5-8-19-12-17-30-18-19)14-7-15-26-16-11-20-21(24(26)27)9-10-22(28-2)23(20)29-3/h9-10,12,17-18H,4-8,11,13-16H2,1-3H3. The molecule has 1 aromatic carbocycles. The second-order valence-corrected chi connectivity index (χ2v) is 8.75. The Hall–Kier alpha value is -2.05. The average Bonchev–Trinajstić information content (AvgIpc) is 3.27. The lowest BCUT2D eigenvalue weighted by molar-refractivity contribution is 0.0731. The van der Waals surface area contributed by atoms with Gasteiger partial charge in [-0.05, 0) is 86.8 Å². The summed E-state index contributed by atoms with van der Waals surface area (Å²) >= 11 is 1.78. The normalized spacial score (nSPS) is 13.6. The summed E-state index contributed by atoms with van der Waals surface area (Å²) < 4.78 is 10.9. The first kappa shape index (κ1) is 22.6. The number of unbranched alkanes of at least 4 members (excludes halogenated alkanes) is 2. The predicted octanol–water partition coefficient (Wildman–Crippen LogP) is 4.50. The molecule has 0 fully saturated rings. The maximum Gasteiger partial charge on any atom is 0.254 e. The predicted molar refractivity (Wildman–Crippen MR) is 123 cm³/mol. The van der Waals surface area contributed by atoms with E-state index in [0.717, 1.165) is 50.1 Å². The van der Waals surface area contributed by atoms with Crippen LogP contribution in [0.25, 0.3) is 0 Å². The minimum Gasteiger partial charge on any atom is -0.493 e. The first-order chi connectivity index (χ1) is 14.6. The Morgan fingerprint density at radius 2 is 1.90 bits per heavy atom. The number of ether oxygens (including phenoxy) is 2. The first-order valence-corrected chi connectivity index (χ1v) is 11.8. The number of nitrogens with zero attached hydrogens (tertiary/aromatic N) is 2. The molecular formula is C24H34N2O3S. The molecule has 0 radical (unpaired) electrons. The molecule has 1 aliphatic heterocycles. The second kappa shape index (κ2) is 11.4. The fourth-order valence-corrected chi connectivity index (χ4v) is 4.84. The summed E-state index contributed by atoms with van der Waals surface area (Å²) in [6.07, 6.45) is 6.77. The SMILES string of the molecule is COc1ccc2c(c1OC)CCN(CCCN(C)CCCCCc1ccsc1)C2=O. The maximum atomic E-state index is 12.9. The largest absolute Gasteiger partial charge is 0.493 e. The van der Waals surface area contributed by atoms with Crippen LogP contribution in [0.5, 0.6) is 11.5 Å². The van der Waals surface area contributed by atoms with Crippen LogP contribution in [0.1, 0.15) is 47.2 Å². The van der Waals surface area contributed by atoms with Crippen LogP contribution >= 0.6 is 11.3 Å². The van der Waals surface area contributed by atoms with Gasteiger partial charge in [0, 0.05) is 24.2 Å². The quantitative estimate of drug-likeness (QED) is 0.465. The van der Waals surface area contributed by atoms with Gasteiger partial charge in [-0.1, -0.05) is 6.42 Å². The second-order valence-electron chi connectivity index (χ2n) is 7.97. The summed E-state index contributed by atoms with van der Waals surface area (Å²) in [5.74, 6) is 1.49. The van der Waals surface area contributed by atoms with Crippen LogP contribution in [0.15, 0.2) is 29.0 Å². The molecule has 5 nitrogen and oxygen atoms in total. The van der Waals surface area contributed by atoms with Crippen molar-refractivity contribution in [1.29, 1.82) is 0 Å². The van der Waals surface area contributed by atoms with Gasteiger partial charge < -0.3 is 19.3 Å². The van der Waals surface area contributed by atoms with Crippen molar-refractivity contribution in [2.45, 2.75) is 38.5 Å². The lowest BCUT2D eigenvalue weighted by Crippen LogP contribution is -2.39. The van der Waals surface area contributed by atoms with Crippen LogP contribution in [-0.2, 0) is 12.8 Å². The van der Waals surface area contributed by atoms with Gasteiger partial charge in [0.1, 0.15) is 0 Å². The molecule has 30 heavy (non-hydrogen) atoms. The van der Waals surface area contributed by atoms with Crippen molar-refractivity contribution in [2.24, 2.45) is 0 Å². The van der Waals surface area contributed by atoms with Crippen molar-refractivity contribution in [2.75, 3.05) is 47.4 Å². The van der Waals surface area contributed by atoms with Gasteiger partial charge in [0.2, 0.25) is 0 Å². The van der Waals surface area contributed by atoms with Gasteiger partial charge in [-0.25, -0.2) is 0 Å². The molecule has 1 aliphatic rings. The van der Waals surface area contributed by atoms with E-state index in [2.05, 4.69) is 28.8 Å². The van der Waals surface area contributed by atoms with Crippen LogP contribution in [0.2, 0.25) is 0 Å². The molecule has 164 valence electrons. The Balaban J connectivity index is 1.37. The number of thiophene rings is 1. The van der Waals surface area contributed by atoms with Gasteiger partial charge in [0.15, 0.2) is 11.5 Å². The molecule has 3 rings (SSSR count). The highest BCUT2D eigenvalue weighted by Crippen LogP contribution is 2.36. The van der Waals surface area contributed by atoms with Crippen molar-refractivity contribution >= 4 is 17.2 Å².